The fourth-order valence-corrected chi connectivity index (χ4v) is 2.95. The molecule has 2 amide bonds. The molecule has 1 atom stereocenters. The molecule has 0 spiro atoms. The fraction of sp³-hybridized carbons (Fsp3) is 0.500. The molecule has 0 aromatic heterocycles. The van der Waals surface area contributed by atoms with Crippen LogP contribution in [0.1, 0.15) is 6.92 Å². The third kappa shape index (κ3) is 5.20. The Morgan fingerprint density at radius 1 is 1.17 bits per heavy atom. The molecule has 0 aliphatic carbocycles. The second-order valence-electron chi connectivity index (χ2n) is 5.98. The van der Waals surface area contributed by atoms with Crippen molar-refractivity contribution in [2.75, 3.05) is 45.1 Å². The molecular formula is C16H25ClN4O2+2. The fourth-order valence-electron chi connectivity index (χ4n) is 2.82. The quantitative estimate of drug-likeness (QED) is 0.511. The molecule has 1 fully saturated rings. The van der Waals surface area contributed by atoms with Crippen LogP contribution in [0.15, 0.2) is 24.3 Å². The lowest BCUT2D eigenvalue weighted by Crippen LogP contribution is -3.30. The average Bonchev–Trinajstić information content (AvgIpc) is 2.56. The summed E-state index contributed by atoms with van der Waals surface area (Å²) < 4.78 is 0. The average molecular weight is 341 g/mol. The van der Waals surface area contributed by atoms with Gasteiger partial charge in [-0.1, -0.05) is 11.6 Å². The molecule has 1 heterocycles. The normalized spacial score (nSPS) is 22.2. The van der Waals surface area contributed by atoms with E-state index in [1.165, 1.54) is 9.80 Å². The molecule has 6 nitrogen and oxygen atoms in total. The molecule has 126 valence electrons. The number of benzene rings is 1. The monoisotopic (exact) mass is 340 g/mol. The number of hydrogen-bond donors (Lipinski definition) is 4. The van der Waals surface area contributed by atoms with Crippen LogP contribution >= 0.6 is 11.6 Å². The molecule has 2 rings (SSSR count). The Kier molecular flexibility index (Phi) is 6.38. The van der Waals surface area contributed by atoms with Crippen molar-refractivity contribution in [2.24, 2.45) is 0 Å². The van der Waals surface area contributed by atoms with Gasteiger partial charge in [-0.05, 0) is 31.2 Å². The molecule has 0 saturated carbocycles. The van der Waals surface area contributed by atoms with Crippen molar-refractivity contribution in [2.45, 2.75) is 13.0 Å². The summed E-state index contributed by atoms with van der Waals surface area (Å²) in [6.07, 6.45) is 0. The number of piperazine rings is 1. The Hall–Kier alpha value is -1.63. The molecule has 0 radical (unpaired) electrons. The van der Waals surface area contributed by atoms with Crippen LogP contribution in [0.5, 0.6) is 0 Å². The van der Waals surface area contributed by atoms with Crippen LogP contribution in [-0.4, -0.2) is 57.6 Å². The summed E-state index contributed by atoms with van der Waals surface area (Å²) in [5, 5.41) is 6.23. The van der Waals surface area contributed by atoms with Crippen LogP contribution in [-0.2, 0) is 9.59 Å². The zero-order valence-corrected chi connectivity index (χ0v) is 14.4. The van der Waals surface area contributed by atoms with Gasteiger partial charge in [-0.15, -0.1) is 0 Å². The summed E-state index contributed by atoms with van der Waals surface area (Å²) >= 11 is 5.85. The first-order valence-electron chi connectivity index (χ1n) is 7.94. The third-order valence-corrected chi connectivity index (χ3v) is 4.66. The van der Waals surface area contributed by atoms with E-state index in [9.17, 15) is 9.59 Å². The SMILES string of the molecule is CNC(=O)C[NH+]1CC[NH+]([C@@H](C)C(=O)Nc2ccc(Cl)cc2)CC1. The highest BCUT2D eigenvalue weighted by Gasteiger charge is 2.31. The van der Waals surface area contributed by atoms with E-state index in [-0.39, 0.29) is 17.9 Å². The van der Waals surface area contributed by atoms with Crippen molar-refractivity contribution in [3.8, 4) is 0 Å². The van der Waals surface area contributed by atoms with Gasteiger partial charge in [0.15, 0.2) is 12.6 Å². The van der Waals surface area contributed by atoms with E-state index in [2.05, 4.69) is 10.6 Å². The summed E-state index contributed by atoms with van der Waals surface area (Å²) in [5.74, 6) is 0.0778. The minimum Gasteiger partial charge on any atom is -0.354 e. The molecule has 1 aliphatic heterocycles. The van der Waals surface area contributed by atoms with E-state index in [4.69, 9.17) is 11.6 Å². The maximum absolute atomic E-state index is 12.4. The first kappa shape index (κ1) is 17.7. The second-order valence-corrected chi connectivity index (χ2v) is 6.41. The summed E-state index contributed by atoms with van der Waals surface area (Å²) in [7, 11) is 1.66. The highest BCUT2D eigenvalue weighted by molar-refractivity contribution is 6.30. The largest absolute Gasteiger partial charge is 0.354 e. The van der Waals surface area contributed by atoms with Crippen molar-refractivity contribution in [3.63, 3.8) is 0 Å². The molecule has 23 heavy (non-hydrogen) atoms. The van der Waals surface area contributed by atoms with Gasteiger partial charge in [-0.3, -0.25) is 9.59 Å². The predicted octanol–water partition coefficient (Wildman–Crippen LogP) is -1.80. The van der Waals surface area contributed by atoms with Crippen molar-refractivity contribution >= 4 is 29.1 Å². The number of nitrogens with one attached hydrogen (secondary N) is 4. The summed E-state index contributed by atoms with van der Waals surface area (Å²) in [4.78, 5) is 26.3. The van der Waals surface area contributed by atoms with Gasteiger partial charge < -0.3 is 20.4 Å². The Morgan fingerprint density at radius 2 is 1.78 bits per heavy atom. The van der Waals surface area contributed by atoms with Gasteiger partial charge in [0, 0.05) is 17.8 Å². The zero-order chi connectivity index (χ0) is 16.8. The van der Waals surface area contributed by atoms with Gasteiger partial charge in [0.1, 0.15) is 26.2 Å². The van der Waals surface area contributed by atoms with Gasteiger partial charge in [-0.2, -0.15) is 0 Å². The molecular weight excluding hydrogens is 316 g/mol. The smallest absolute Gasteiger partial charge is 0.282 e. The minimum absolute atomic E-state index is 0.0112. The predicted molar refractivity (Wildman–Crippen MR) is 89.9 cm³/mol. The van der Waals surface area contributed by atoms with Crippen molar-refractivity contribution in [3.05, 3.63) is 29.3 Å². The summed E-state index contributed by atoms with van der Waals surface area (Å²) in [6.45, 7) is 6.05. The molecule has 7 heteroatoms. The van der Waals surface area contributed by atoms with Crippen molar-refractivity contribution in [1.29, 1.82) is 0 Å². The van der Waals surface area contributed by atoms with E-state index < -0.39 is 0 Å². The Labute approximate surface area is 141 Å². The van der Waals surface area contributed by atoms with Gasteiger partial charge in [-0.25, -0.2) is 0 Å². The molecule has 1 aliphatic rings. The standard InChI is InChI=1S/C16H23ClN4O2/c1-12(16(23)19-14-5-3-13(17)4-6-14)21-9-7-20(8-10-21)11-15(22)18-2/h3-6,12H,7-11H2,1-2H3,(H,18,22)(H,19,23)/p+2/t12-/m0/s1. The lowest BCUT2D eigenvalue weighted by atomic mass is 10.2. The second kappa shape index (κ2) is 8.29. The molecule has 0 bridgehead atoms. The van der Waals surface area contributed by atoms with Crippen LogP contribution in [0.4, 0.5) is 5.69 Å². The highest BCUT2D eigenvalue weighted by Crippen LogP contribution is 2.13. The van der Waals surface area contributed by atoms with Crippen LogP contribution in [0.3, 0.4) is 0 Å². The highest BCUT2D eigenvalue weighted by atomic mass is 35.5. The Morgan fingerprint density at radius 3 is 2.35 bits per heavy atom. The number of anilines is 1. The molecule has 4 N–H and O–H groups in total. The van der Waals surface area contributed by atoms with Crippen molar-refractivity contribution in [1.82, 2.24) is 5.32 Å². The maximum atomic E-state index is 12.4. The van der Waals surface area contributed by atoms with Crippen molar-refractivity contribution < 1.29 is 19.4 Å². The summed E-state index contributed by atoms with van der Waals surface area (Å²) in [5.41, 5.74) is 0.759. The van der Waals surface area contributed by atoms with E-state index in [0.717, 1.165) is 31.9 Å². The topological polar surface area (TPSA) is 67.1 Å². The van der Waals surface area contributed by atoms with Gasteiger partial charge in [0.25, 0.3) is 11.8 Å². The number of carbonyl (C=O) groups is 2. The van der Waals surface area contributed by atoms with E-state index in [0.29, 0.717) is 11.6 Å². The number of quaternary nitrogens is 2. The van der Waals surface area contributed by atoms with E-state index >= 15 is 0 Å². The van der Waals surface area contributed by atoms with Crippen LogP contribution in [0.25, 0.3) is 0 Å². The first-order valence-corrected chi connectivity index (χ1v) is 8.32. The number of halogens is 1. The Bertz CT molecular complexity index is 542. The van der Waals surface area contributed by atoms with E-state index in [1.807, 2.05) is 6.92 Å². The van der Waals surface area contributed by atoms with E-state index in [1.54, 1.807) is 31.3 Å². The lowest BCUT2D eigenvalue weighted by molar-refractivity contribution is -1.01. The maximum Gasteiger partial charge on any atom is 0.282 e. The lowest BCUT2D eigenvalue weighted by Gasteiger charge is -2.32. The van der Waals surface area contributed by atoms with Crippen LogP contribution in [0.2, 0.25) is 5.02 Å². The third-order valence-electron chi connectivity index (χ3n) is 4.41. The zero-order valence-electron chi connectivity index (χ0n) is 13.6. The number of likely N-dealkylation sites (N-methyl/N-ethyl adjacent to an activating group) is 1. The number of hydrogen-bond acceptors (Lipinski definition) is 2. The summed E-state index contributed by atoms with van der Waals surface area (Å²) in [6, 6.07) is 7.00. The minimum atomic E-state index is -0.118. The first-order chi connectivity index (χ1) is 11.0. The molecule has 0 unspecified atom stereocenters. The Balaban J connectivity index is 1.81. The number of carbonyl (C=O) groups excluding carboxylic acids is 2. The molecule has 1 aromatic rings. The van der Waals surface area contributed by atoms with Gasteiger partial charge >= 0.3 is 0 Å². The van der Waals surface area contributed by atoms with Gasteiger partial charge in [0.05, 0.1) is 0 Å². The number of amides is 2. The van der Waals surface area contributed by atoms with Crippen LogP contribution in [0, 0.1) is 0 Å². The molecule has 1 aromatic carbocycles. The van der Waals surface area contributed by atoms with Crippen LogP contribution < -0.4 is 20.4 Å². The number of rotatable bonds is 5. The van der Waals surface area contributed by atoms with Gasteiger partial charge in [0.2, 0.25) is 0 Å². The molecule has 1 saturated heterocycles.